The first-order valence-corrected chi connectivity index (χ1v) is 7.82. The van der Waals surface area contributed by atoms with Crippen molar-refractivity contribution in [3.8, 4) is 0 Å². The lowest BCUT2D eigenvalue weighted by atomic mass is 9.94. The maximum atomic E-state index is 12.4. The van der Waals surface area contributed by atoms with Crippen LogP contribution in [0, 0.1) is 5.41 Å². The highest BCUT2D eigenvalue weighted by Crippen LogP contribution is 2.22. The molecule has 0 saturated carbocycles. The summed E-state index contributed by atoms with van der Waals surface area (Å²) in [6, 6.07) is 2.08. The molecular weight excluding hydrogens is 318 g/mol. The van der Waals surface area contributed by atoms with E-state index in [9.17, 15) is 4.79 Å². The number of amides is 1. The van der Waals surface area contributed by atoms with Gasteiger partial charge in [0.15, 0.2) is 0 Å². The van der Waals surface area contributed by atoms with E-state index in [1.54, 1.807) is 6.20 Å². The summed E-state index contributed by atoms with van der Waals surface area (Å²) >= 11 is 3.46. The Hall–Kier alpha value is -1.10. The second-order valence-corrected chi connectivity index (χ2v) is 7.16. The van der Waals surface area contributed by atoms with Crippen LogP contribution in [0.5, 0.6) is 0 Å². The molecule has 110 valence electrons. The van der Waals surface area contributed by atoms with Gasteiger partial charge in [0.2, 0.25) is 5.91 Å². The number of hydrogen-bond donors (Lipinski definition) is 0. The average molecular weight is 340 g/mol. The van der Waals surface area contributed by atoms with Crippen LogP contribution in [-0.4, -0.2) is 42.0 Å². The highest BCUT2D eigenvalue weighted by atomic mass is 79.9. The summed E-state index contributed by atoms with van der Waals surface area (Å²) in [7, 11) is 0. The smallest absolute Gasteiger partial charge is 0.228 e. The summed E-state index contributed by atoms with van der Waals surface area (Å²) in [6.45, 7) is 9.39. The normalized spacial score (nSPS) is 17.0. The minimum Gasteiger partial charge on any atom is -0.368 e. The second-order valence-electron chi connectivity index (χ2n) is 6.24. The summed E-state index contributed by atoms with van der Waals surface area (Å²) in [4.78, 5) is 20.9. The van der Waals surface area contributed by atoms with Crippen molar-refractivity contribution in [1.82, 2.24) is 9.88 Å². The minimum atomic E-state index is -0.299. The Balaban J connectivity index is 2.04. The molecule has 1 aliphatic heterocycles. The fourth-order valence-corrected chi connectivity index (χ4v) is 2.78. The highest BCUT2D eigenvalue weighted by molar-refractivity contribution is 9.10. The van der Waals surface area contributed by atoms with E-state index >= 15 is 0 Å². The maximum absolute atomic E-state index is 12.4. The van der Waals surface area contributed by atoms with Gasteiger partial charge in [-0.25, -0.2) is 0 Å². The van der Waals surface area contributed by atoms with E-state index in [-0.39, 0.29) is 11.3 Å². The second kappa shape index (κ2) is 6.12. The molecule has 1 aromatic rings. The summed E-state index contributed by atoms with van der Waals surface area (Å²) < 4.78 is 0.988. The van der Waals surface area contributed by atoms with Crippen LogP contribution in [0.25, 0.3) is 0 Å². The van der Waals surface area contributed by atoms with Gasteiger partial charge in [-0.05, 0) is 28.4 Å². The number of aromatic nitrogens is 1. The Morgan fingerprint density at radius 2 is 1.95 bits per heavy atom. The number of pyridine rings is 1. The Morgan fingerprint density at radius 3 is 2.60 bits per heavy atom. The van der Waals surface area contributed by atoms with Gasteiger partial charge in [-0.3, -0.25) is 9.78 Å². The predicted octanol–water partition coefficient (Wildman–Crippen LogP) is 2.93. The number of carbonyl (C=O) groups excluding carboxylic acids is 1. The zero-order valence-electron chi connectivity index (χ0n) is 12.4. The fourth-order valence-electron chi connectivity index (χ4n) is 2.43. The van der Waals surface area contributed by atoms with E-state index in [4.69, 9.17) is 0 Å². The first-order valence-electron chi connectivity index (χ1n) is 7.03. The molecule has 0 atom stereocenters. The van der Waals surface area contributed by atoms with Gasteiger partial charge < -0.3 is 9.80 Å². The molecule has 2 rings (SSSR count). The zero-order chi connectivity index (χ0) is 14.8. The lowest BCUT2D eigenvalue weighted by Gasteiger charge is -2.28. The quantitative estimate of drug-likeness (QED) is 0.789. The maximum Gasteiger partial charge on any atom is 0.228 e. The van der Waals surface area contributed by atoms with E-state index in [2.05, 4.69) is 31.9 Å². The van der Waals surface area contributed by atoms with Gasteiger partial charge in [-0.15, -0.1) is 0 Å². The Morgan fingerprint density at radius 1 is 1.20 bits per heavy atom. The van der Waals surface area contributed by atoms with Gasteiger partial charge in [-0.2, -0.15) is 0 Å². The molecule has 1 saturated heterocycles. The molecule has 0 N–H and O–H groups in total. The molecular formula is C15H22BrN3O. The number of anilines is 1. The third kappa shape index (κ3) is 3.72. The molecule has 1 fully saturated rings. The molecule has 1 amide bonds. The molecule has 20 heavy (non-hydrogen) atoms. The van der Waals surface area contributed by atoms with E-state index in [0.29, 0.717) is 0 Å². The summed E-state index contributed by atoms with van der Waals surface area (Å²) in [5, 5.41) is 0. The van der Waals surface area contributed by atoms with Crippen molar-refractivity contribution in [2.24, 2.45) is 5.41 Å². The van der Waals surface area contributed by atoms with Crippen molar-refractivity contribution in [1.29, 1.82) is 0 Å². The number of halogens is 1. The SMILES string of the molecule is CC(C)(C)C(=O)N1CCCN(c2cncc(Br)c2)CC1. The van der Waals surface area contributed by atoms with Crippen LogP contribution >= 0.6 is 15.9 Å². The van der Waals surface area contributed by atoms with Crippen LogP contribution in [0.1, 0.15) is 27.2 Å². The van der Waals surface area contributed by atoms with E-state index in [0.717, 1.165) is 42.8 Å². The zero-order valence-corrected chi connectivity index (χ0v) is 14.0. The summed E-state index contributed by atoms with van der Waals surface area (Å²) in [5.74, 6) is 0.242. The largest absolute Gasteiger partial charge is 0.368 e. The van der Waals surface area contributed by atoms with Gasteiger partial charge in [0.1, 0.15) is 0 Å². The molecule has 4 nitrogen and oxygen atoms in total. The lowest BCUT2D eigenvalue weighted by molar-refractivity contribution is -0.139. The van der Waals surface area contributed by atoms with Crippen LogP contribution in [0.3, 0.4) is 0 Å². The molecule has 1 aromatic heterocycles. The number of hydrogen-bond acceptors (Lipinski definition) is 3. The molecule has 0 spiro atoms. The number of nitrogens with zero attached hydrogens (tertiary/aromatic N) is 3. The van der Waals surface area contributed by atoms with Crippen molar-refractivity contribution in [3.05, 3.63) is 22.9 Å². The predicted molar refractivity (Wildman–Crippen MR) is 84.8 cm³/mol. The third-order valence-electron chi connectivity index (χ3n) is 3.48. The van der Waals surface area contributed by atoms with Crippen molar-refractivity contribution in [2.45, 2.75) is 27.2 Å². The fraction of sp³-hybridized carbons (Fsp3) is 0.600. The molecule has 0 radical (unpaired) electrons. The Kier molecular flexibility index (Phi) is 4.68. The molecule has 0 aliphatic carbocycles. The molecule has 2 heterocycles. The Labute approximate surface area is 129 Å². The van der Waals surface area contributed by atoms with Gasteiger partial charge in [0, 0.05) is 42.3 Å². The molecule has 0 bridgehead atoms. The van der Waals surface area contributed by atoms with Crippen LogP contribution in [0.2, 0.25) is 0 Å². The van der Waals surface area contributed by atoms with Crippen molar-refractivity contribution >= 4 is 27.5 Å². The van der Waals surface area contributed by atoms with Gasteiger partial charge >= 0.3 is 0 Å². The topological polar surface area (TPSA) is 36.4 Å². The molecule has 0 aromatic carbocycles. The summed E-state index contributed by atoms with van der Waals surface area (Å²) in [5.41, 5.74) is 0.816. The minimum absolute atomic E-state index is 0.242. The van der Waals surface area contributed by atoms with Crippen LogP contribution in [-0.2, 0) is 4.79 Å². The molecule has 5 heteroatoms. The van der Waals surface area contributed by atoms with Crippen molar-refractivity contribution in [2.75, 3.05) is 31.1 Å². The first-order chi connectivity index (χ1) is 9.38. The molecule has 1 aliphatic rings. The van der Waals surface area contributed by atoms with Crippen molar-refractivity contribution in [3.63, 3.8) is 0 Å². The van der Waals surface area contributed by atoms with Gasteiger partial charge in [0.05, 0.1) is 11.9 Å². The summed E-state index contributed by atoms with van der Waals surface area (Å²) in [6.07, 6.45) is 4.66. The standard InChI is InChI=1S/C15H22BrN3O/c1-15(2,3)14(20)19-6-4-5-18(7-8-19)13-9-12(16)10-17-11-13/h9-11H,4-8H2,1-3H3. The molecule has 0 unspecified atom stereocenters. The lowest BCUT2D eigenvalue weighted by Crippen LogP contribution is -2.41. The number of carbonyl (C=O) groups is 1. The van der Waals surface area contributed by atoms with Crippen LogP contribution in [0.15, 0.2) is 22.9 Å². The van der Waals surface area contributed by atoms with E-state index < -0.39 is 0 Å². The van der Waals surface area contributed by atoms with Crippen LogP contribution in [0.4, 0.5) is 5.69 Å². The van der Waals surface area contributed by atoms with Gasteiger partial charge in [-0.1, -0.05) is 20.8 Å². The average Bonchev–Trinajstić information content (AvgIpc) is 2.62. The van der Waals surface area contributed by atoms with E-state index in [1.807, 2.05) is 31.9 Å². The first kappa shape index (κ1) is 15.3. The van der Waals surface area contributed by atoms with Crippen molar-refractivity contribution < 1.29 is 4.79 Å². The van der Waals surface area contributed by atoms with Gasteiger partial charge in [0.25, 0.3) is 0 Å². The number of rotatable bonds is 1. The third-order valence-corrected chi connectivity index (χ3v) is 3.91. The van der Waals surface area contributed by atoms with E-state index in [1.165, 1.54) is 0 Å². The monoisotopic (exact) mass is 339 g/mol. The highest BCUT2D eigenvalue weighted by Gasteiger charge is 2.28. The Bertz CT molecular complexity index is 484. The van der Waals surface area contributed by atoms with Crippen LogP contribution < -0.4 is 4.90 Å².